The van der Waals surface area contributed by atoms with Crippen LogP contribution in [-0.4, -0.2) is 44.2 Å². The summed E-state index contributed by atoms with van der Waals surface area (Å²) in [6.07, 6.45) is 0. The molecule has 0 saturated heterocycles. The van der Waals surface area contributed by atoms with Gasteiger partial charge in [0.2, 0.25) is 10.0 Å². The Hall–Kier alpha value is -2.13. The van der Waals surface area contributed by atoms with E-state index < -0.39 is 28.5 Å². The van der Waals surface area contributed by atoms with Crippen LogP contribution in [0, 0.1) is 0 Å². The average Bonchev–Trinajstić information content (AvgIpc) is 2.35. The normalized spacial score (nSPS) is 11.0. The highest BCUT2D eigenvalue weighted by Gasteiger charge is 2.19. The highest BCUT2D eigenvalue weighted by atomic mass is 32.2. The fourth-order valence-corrected chi connectivity index (χ4v) is 2.26. The van der Waals surface area contributed by atoms with Crippen LogP contribution in [-0.2, 0) is 14.8 Å². The number of carboxylic acids is 2. The number of rotatable bonds is 6. The molecule has 1 rings (SSSR count). The van der Waals surface area contributed by atoms with Crippen molar-refractivity contribution in [1.82, 2.24) is 4.72 Å². The topological polar surface area (TPSA) is 130 Å². The Morgan fingerprint density at radius 1 is 1.32 bits per heavy atom. The third-order valence-electron chi connectivity index (χ3n) is 2.13. The monoisotopic (exact) mass is 289 g/mol. The van der Waals surface area contributed by atoms with Crippen molar-refractivity contribution in [2.24, 2.45) is 0 Å². The van der Waals surface area contributed by atoms with Crippen LogP contribution >= 0.6 is 0 Å². The molecule has 0 atom stereocenters. The predicted molar refractivity (Wildman–Crippen MR) is 62.8 cm³/mol. The van der Waals surface area contributed by atoms with Crippen molar-refractivity contribution in [3.05, 3.63) is 23.8 Å². The van der Waals surface area contributed by atoms with E-state index in [1.165, 1.54) is 13.2 Å². The molecular formula is C10H11NO7S. The van der Waals surface area contributed by atoms with Crippen LogP contribution in [0.1, 0.15) is 10.4 Å². The molecule has 0 amide bonds. The Labute approximate surface area is 108 Å². The second kappa shape index (κ2) is 5.67. The first-order valence-corrected chi connectivity index (χ1v) is 6.39. The van der Waals surface area contributed by atoms with E-state index in [-0.39, 0.29) is 16.2 Å². The summed E-state index contributed by atoms with van der Waals surface area (Å²) in [7, 11) is -2.84. The Morgan fingerprint density at radius 3 is 2.42 bits per heavy atom. The van der Waals surface area contributed by atoms with Crippen molar-refractivity contribution in [2.45, 2.75) is 4.90 Å². The Bertz CT molecular complexity index is 608. The largest absolute Gasteiger partial charge is 0.496 e. The number of aromatic carboxylic acids is 1. The molecule has 9 heteroatoms. The molecule has 0 aliphatic heterocycles. The van der Waals surface area contributed by atoms with Gasteiger partial charge in [0, 0.05) is 0 Å². The molecule has 3 N–H and O–H groups in total. The van der Waals surface area contributed by atoms with Crippen molar-refractivity contribution in [2.75, 3.05) is 13.7 Å². The SMILES string of the molecule is COc1ccc(S(=O)(=O)NCC(=O)O)cc1C(=O)O. The first kappa shape index (κ1) is 14.9. The van der Waals surface area contributed by atoms with Gasteiger partial charge in [-0.2, -0.15) is 4.72 Å². The maximum atomic E-state index is 11.7. The van der Waals surface area contributed by atoms with E-state index in [2.05, 4.69) is 0 Å². The number of aliphatic carboxylic acids is 1. The van der Waals surface area contributed by atoms with Crippen molar-refractivity contribution in [1.29, 1.82) is 0 Å². The lowest BCUT2D eigenvalue weighted by Gasteiger charge is -2.08. The maximum Gasteiger partial charge on any atom is 0.339 e. The van der Waals surface area contributed by atoms with Gasteiger partial charge in [0.1, 0.15) is 17.9 Å². The standard InChI is InChI=1S/C10H11NO7S/c1-18-8-3-2-6(4-7(8)10(14)15)19(16,17)11-5-9(12)13/h2-4,11H,5H2,1H3,(H,12,13)(H,14,15). The summed E-state index contributed by atoms with van der Waals surface area (Å²) in [6, 6.07) is 3.19. The highest BCUT2D eigenvalue weighted by Crippen LogP contribution is 2.22. The molecule has 8 nitrogen and oxygen atoms in total. The summed E-state index contributed by atoms with van der Waals surface area (Å²) in [5.41, 5.74) is -0.333. The van der Waals surface area contributed by atoms with Gasteiger partial charge < -0.3 is 14.9 Å². The lowest BCUT2D eigenvalue weighted by Crippen LogP contribution is -2.29. The molecule has 0 aliphatic rings. The second-order valence-corrected chi connectivity index (χ2v) is 5.15. The molecule has 0 spiro atoms. The number of carbonyl (C=O) groups is 2. The first-order chi connectivity index (χ1) is 8.77. The molecule has 0 aromatic heterocycles. The summed E-state index contributed by atoms with van der Waals surface area (Å²) in [6.45, 7) is -0.795. The summed E-state index contributed by atoms with van der Waals surface area (Å²) < 4.78 is 30.0. The zero-order valence-electron chi connectivity index (χ0n) is 9.78. The molecule has 0 radical (unpaired) electrons. The number of nitrogens with one attached hydrogen (secondary N) is 1. The van der Waals surface area contributed by atoms with Gasteiger partial charge in [0.05, 0.1) is 12.0 Å². The van der Waals surface area contributed by atoms with Crippen LogP contribution in [0.3, 0.4) is 0 Å². The number of methoxy groups -OCH3 is 1. The summed E-state index contributed by atoms with van der Waals surface area (Å²) >= 11 is 0. The Kier molecular flexibility index (Phi) is 4.46. The first-order valence-electron chi connectivity index (χ1n) is 4.90. The minimum Gasteiger partial charge on any atom is -0.496 e. The fourth-order valence-electron chi connectivity index (χ4n) is 1.26. The fraction of sp³-hybridized carbons (Fsp3) is 0.200. The van der Waals surface area contributed by atoms with Gasteiger partial charge in [-0.25, -0.2) is 13.2 Å². The van der Waals surface area contributed by atoms with Crippen LogP contribution in [0.5, 0.6) is 5.75 Å². The van der Waals surface area contributed by atoms with Crippen LogP contribution in [0.2, 0.25) is 0 Å². The summed E-state index contributed by atoms with van der Waals surface area (Å²) in [5, 5.41) is 17.3. The minimum absolute atomic E-state index is 0.00434. The lowest BCUT2D eigenvalue weighted by molar-refractivity contribution is -0.135. The molecule has 1 aromatic rings. The minimum atomic E-state index is -4.09. The smallest absolute Gasteiger partial charge is 0.339 e. The Morgan fingerprint density at radius 2 is 1.95 bits per heavy atom. The summed E-state index contributed by atoms with van der Waals surface area (Å²) in [5.74, 6) is -2.70. The number of hydrogen-bond acceptors (Lipinski definition) is 5. The Balaban J connectivity index is 3.18. The van der Waals surface area contributed by atoms with Crippen molar-refractivity contribution >= 4 is 22.0 Å². The molecule has 1 aromatic carbocycles. The molecule has 0 fully saturated rings. The van der Waals surface area contributed by atoms with Crippen LogP contribution in [0.15, 0.2) is 23.1 Å². The van der Waals surface area contributed by atoms with Gasteiger partial charge in [0.25, 0.3) is 0 Å². The molecule has 0 heterocycles. The van der Waals surface area contributed by atoms with E-state index in [1.54, 1.807) is 0 Å². The van der Waals surface area contributed by atoms with Crippen molar-refractivity contribution in [3.8, 4) is 5.75 Å². The average molecular weight is 289 g/mol. The van der Waals surface area contributed by atoms with Crippen LogP contribution < -0.4 is 9.46 Å². The quantitative estimate of drug-likeness (QED) is 0.658. The molecule has 0 saturated carbocycles. The van der Waals surface area contributed by atoms with E-state index in [0.29, 0.717) is 0 Å². The predicted octanol–water partition coefficient (Wildman–Crippen LogP) is -0.244. The van der Waals surface area contributed by atoms with E-state index in [4.69, 9.17) is 14.9 Å². The number of ether oxygens (including phenoxy) is 1. The van der Waals surface area contributed by atoms with Gasteiger partial charge in [-0.1, -0.05) is 0 Å². The molecule has 19 heavy (non-hydrogen) atoms. The molecule has 0 unspecified atom stereocenters. The van der Waals surface area contributed by atoms with Gasteiger partial charge in [-0.05, 0) is 18.2 Å². The molecular weight excluding hydrogens is 278 g/mol. The van der Waals surface area contributed by atoms with Crippen molar-refractivity contribution < 1.29 is 33.0 Å². The van der Waals surface area contributed by atoms with Crippen molar-refractivity contribution in [3.63, 3.8) is 0 Å². The number of sulfonamides is 1. The molecule has 104 valence electrons. The summed E-state index contributed by atoms with van der Waals surface area (Å²) in [4.78, 5) is 20.9. The highest BCUT2D eigenvalue weighted by molar-refractivity contribution is 7.89. The van der Waals surface area contributed by atoms with Gasteiger partial charge in [-0.15, -0.1) is 0 Å². The number of benzene rings is 1. The third kappa shape index (κ3) is 3.66. The molecule has 0 aliphatic carbocycles. The molecule has 0 bridgehead atoms. The van der Waals surface area contributed by atoms with Gasteiger partial charge in [0.15, 0.2) is 0 Å². The van der Waals surface area contributed by atoms with Gasteiger partial charge in [-0.3, -0.25) is 4.79 Å². The zero-order valence-corrected chi connectivity index (χ0v) is 10.6. The van der Waals surface area contributed by atoms with E-state index in [0.717, 1.165) is 12.1 Å². The van der Waals surface area contributed by atoms with Gasteiger partial charge >= 0.3 is 11.9 Å². The zero-order chi connectivity index (χ0) is 14.6. The number of carboxylic acid groups (broad SMARTS) is 2. The maximum absolute atomic E-state index is 11.7. The lowest BCUT2D eigenvalue weighted by atomic mass is 10.2. The van der Waals surface area contributed by atoms with Crippen LogP contribution in [0.4, 0.5) is 0 Å². The third-order valence-corrected chi connectivity index (χ3v) is 3.52. The number of hydrogen-bond donors (Lipinski definition) is 3. The van der Waals surface area contributed by atoms with E-state index in [1.807, 2.05) is 4.72 Å². The van der Waals surface area contributed by atoms with E-state index in [9.17, 15) is 18.0 Å². The van der Waals surface area contributed by atoms with Crippen LogP contribution in [0.25, 0.3) is 0 Å². The second-order valence-electron chi connectivity index (χ2n) is 3.39. The van der Waals surface area contributed by atoms with E-state index >= 15 is 0 Å².